The van der Waals surface area contributed by atoms with Gasteiger partial charge in [0.15, 0.2) is 0 Å². The number of amides is 1. The van der Waals surface area contributed by atoms with Gasteiger partial charge in [-0.3, -0.25) is 4.79 Å². The van der Waals surface area contributed by atoms with Crippen molar-refractivity contribution in [2.75, 3.05) is 36.5 Å². The second-order valence-corrected chi connectivity index (χ2v) is 12.9. The van der Waals surface area contributed by atoms with E-state index in [4.69, 9.17) is 9.84 Å². The maximum absolute atomic E-state index is 13.5. The number of piperidine rings is 1. The number of fused-ring (bicyclic) bond motifs is 1. The van der Waals surface area contributed by atoms with Crippen LogP contribution in [0, 0.1) is 5.41 Å². The van der Waals surface area contributed by atoms with E-state index in [1.165, 1.54) is 18.9 Å². The van der Waals surface area contributed by atoms with Crippen LogP contribution in [-0.2, 0) is 17.1 Å². The molecule has 0 radical (unpaired) electrons. The van der Waals surface area contributed by atoms with Gasteiger partial charge in [0.2, 0.25) is 15.9 Å². The van der Waals surface area contributed by atoms with Crippen molar-refractivity contribution in [3.8, 4) is 5.88 Å². The lowest BCUT2D eigenvalue weighted by Crippen LogP contribution is -2.35. The Labute approximate surface area is 228 Å². The second-order valence-electron chi connectivity index (χ2n) is 11.1. The van der Waals surface area contributed by atoms with Crippen molar-refractivity contribution in [3.63, 3.8) is 0 Å². The molecule has 3 aliphatic rings. The summed E-state index contributed by atoms with van der Waals surface area (Å²) < 4.78 is 36.2. The van der Waals surface area contributed by atoms with Gasteiger partial charge in [-0.05, 0) is 80.7 Å². The molecule has 2 aliphatic carbocycles. The van der Waals surface area contributed by atoms with Crippen LogP contribution in [0.1, 0.15) is 55.4 Å². The van der Waals surface area contributed by atoms with E-state index >= 15 is 0 Å². The average Bonchev–Trinajstić information content (AvgIpc) is 3.55. The third kappa shape index (κ3) is 5.22. The van der Waals surface area contributed by atoms with Gasteiger partial charge in [-0.25, -0.2) is 18.1 Å². The van der Waals surface area contributed by atoms with Gasteiger partial charge in [-0.1, -0.05) is 0 Å². The van der Waals surface area contributed by atoms with E-state index in [0.29, 0.717) is 22.7 Å². The molecule has 6 rings (SSSR count). The van der Waals surface area contributed by atoms with E-state index in [0.717, 1.165) is 56.1 Å². The predicted octanol–water partition coefficient (Wildman–Crippen LogP) is 3.41. The molecule has 3 heterocycles. The number of carbonyl (C=O) groups excluding carboxylic acids is 1. The molecule has 3 fully saturated rings. The molecule has 3 N–H and O–H groups in total. The Bertz CT molecular complexity index is 1500. The van der Waals surface area contributed by atoms with Crippen LogP contribution in [0.2, 0.25) is 0 Å². The Morgan fingerprint density at radius 2 is 1.92 bits per heavy atom. The van der Waals surface area contributed by atoms with Gasteiger partial charge in [-0.2, -0.15) is 0 Å². The average molecular weight is 554 g/mol. The minimum absolute atomic E-state index is 0.0682. The first kappa shape index (κ1) is 26.1. The number of carbonyl (C=O) groups is 1. The number of nitrogens with one attached hydrogen (secondary N) is 2. The topological polar surface area (TPSA) is 126 Å². The van der Waals surface area contributed by atoms with Crippen LogP contribution in [0.25, 0.3) is 10.9 Å². The quantitative estimate of drug-likeness (QED) is 0.371. The number of hydrogen-bond donors (Lipinski definition) is 3. The Morgan fingerprint density at radius 3 is 2.59 bits per heavy atom. The smallest absolute Gasteiger partial charge is 0.274 e. The molecule has 3 aromatic rings. The standard InChI is InChI=1S/C28H35N5O5S/c1-32-13-7-19-17-23(31-27(25(19)32)38-20-3-2-4-20)26(35)30-22-6-5-21(39(36,37)29-12-16-34)18-24(22)33-14-10-28(8-9-28)11-15-33/h5-7,13,17-18,20,29,34H,2-4,8-12,14-16H2,1H3,(H,30,35). The third-order valence-corrected chi connectivity index (χ3v) is 9.90. The van der Waals surface area contributed by atoms with Gasteiger partial charge in [-0.15, -0.1) is 0 Å². The number of aliphatic hydroxyl groups is 1. The summed E-state index contributed by atoms with van der Waals surface area (Å²) in [5.74, 6) is 0.0717. The fourth-order valence-electron chi connectivity index (χ4n) is 5.52. The van der Waals surface area contributed by atoms with Crippen molar-refractivity contribution in [3.05, 3.63) is 42.2 Å². The molecule has 0 bridgehead atoms. The number of aromatic nitrogens is 2. The number of sulfonamides is 1. The normalized spacial score (nSPS) is 18.8. The van der Waals surface area contributed by atoms with Gasteiger partial charge in [0.1, 0.15) is 17.3 Å². The fraction of sp³-hybridized carbons (Fsp3) is 0.500. The summed E-state index contributed by atoms with van der Waals surface area (Å²) >= 11 is 0. The first-order valence-corrected chi connectivity index (χ1v) is 15.2. The van der Waals surface area contributed by atoms with Gasteiger partial charge in [0.05, 0.1) is 22.9 Å². The van der Waals surface area contributed by atoms with E-state index in [1.54, 1.807) is 18.2 Å². The van der Waals surface area contributed by atoms with Crippen molar-refractivity contribution in [2.45, 2.75) is 55.9 Å². The highest BCUT2D eigenvalue weighted by atomic mass is 32.2. The molecule has 2 aromatic heterocycles. The molecule has 2 saturated carbocycles. The highest BCUT2D eigenvalue weighted by Crippen LogP contribution is 2.54. The van der Waals surface area contributed by atoms with Crippen LogP contribution in [0.3, 0.4) is 0 Å². The summed E-state index contributed by atoms with van der Waals surface area (Å²) in [6.45, 7) is 1.23. The summed E-state index contributed by atoms with van der Waals surface area (Å²) in [6.07, 6.45) is 9.73. The van der Waals surface area contributed by atoms with Gasteiger partial charge in [0, 0.05) is 38.3 Å². The molecule has 1 saturated heterocycles. The monoisotopic (exact) mass is 553 g/mol. The first-order valence-electron chi connectivity index (χ1n) is 13.7. The maximum Gasteiger partial charge on any atom is 0.274 e. The number of aryl methyl sites for hydroxylation is 1. The summed E-state index contributed by atoms with van der Waals surface area (Å²) in [5.41, 5.74) is 2.73. The van der Waals surface area contributed by atoms with Gasteiger partial charge >= 0.3 is 0 Å². The predicted molar refractivity (Wildman–Crippen MR) is 149 cm³/mol. The molecule has 1 amide bonds. The lowest BCUT2D eigenvalue weighted by Gasteiger charge is -2.35. The number of anilines is 2. The second kappa shape index (κ2) is 10.1. The Morgan fingerprint density at radius 1 is 1.15 bits per heavy atom. The number of nitrogens with zero attached hydrogens (tertiary/aromatic N) is 3. The summed E-state index contributed by atoms with van der Waals surface area (Å²) in [6, 6.07) is 8.42. The molecule has 0 unspecified atom stereocenters. The van der Waals surface area contributed by atoms with Crippen LogP contribution >= 0.6 is 0 Å². The molecule has 208 valence electrons. The number of pyridine rings is 1. The number of hydrogen-bond acceptors (Lipinski definition) is 7. The Balaban J connectivity index is 1.31. The third-order valence-electron chi connectivity index (χ3n) is 8.44. The minimum Gasteiger partial charge on any atom is -0.473 e. The summed E-state index contributed by atoms with van der Waals surface area (Å²) in [4.78, 5) is 20.4. The molecular formula is C28H35N5O5S. The first-order chi connectivity index (χ1) is 18.8. The van der Waals surface area contributed by atoms with Crippen LogP contribution in [-0.4, -0.2) is 61.3 Å². The molecule has 39 heavy (non-hydrogen) atoms. The van der Waals surface area contributed by atoms with Crippen molar-refractivity contribution < 1.29 is 23.1 Å². The molecule has 1 aromatic carbocycles. The Kier molecular flexibility index (Phi) is 6.76. The maximum atomic E-state index is 13.5. The van der Waals surface area contributed by atoms with Crippen molar-refractivity contribution in [2.24, 2.45) is 12.5 Å². The number of rotatable bonds is 9. The zero-order valence-corrected chi connectivity index (χ0v) is 23.0. The SMILES string of the molecule is Cn1ccc2cc(C(=O)Nc3ccc(S(=O)(=O)NCCO)cc3N3CCC4(CC3)CC4)nc(OC3CCC3)c21. The molecule has 0 atom stereocenters. The molecule has 11 heteroatoms. The van der Waals surface area contributed by atoms with Crippen LogP contribution in [0.4, 0.5) is 11.4 Å². The summed E-state index contributed by atoms with van der Waals surface area (Å²) in [5, 5.41) is 13.0. The lowest BCUT2D eigenvalue weighted by atomic mass is 9.93. The highest BCUT2D eigenvalue weighted by molar-refractivity contribution is 7.89. The Hall–Kier alpha value is -3.15. The minimum atomic E-state index is -3.81. The van der Waals surface area contributed by atoms with Crippen molar-refractivity contribution in [1.82, 2.24) is 14.3 Å². The number of benzene rings is 1. The highest BCUT2D eigenvalue weighted by Gasteiger charge is 2.44. The van der Waals surface area contributed by atoms with Crippen LogP contribution < -0.4 is 19.7 Å². The molecular weight excluding hydrogens is 518 g/mol. The fourth-order valence-corrected chi connectivity index (χ4v) is 6.56. The molecule has 1 aliphatic heterocycles. The van der Waals surface area contributed by atoms with Gasteiger partial charge < -0.3 is 24.6 Å². The zero-order chi connectivity index (χ0) is 27.2. The van der Waals surface area contributed by atoms with E-state index in [-0.39, 0.29) is 35.8 Å². The van der Waals surface area contributed by atoms with Crippen LogP contribution in [0.5, 0.6) is 5.88 Å². The largest absolute Gasteiger partial charge is 0.473 e. The van der Waals surface area contributed by atoms with Crippen molar-refractivity contribution >= 4 is 38.2 Å². The van der Waals surface area contributed by atoms with Gasteiger partial charge in [0.25, 0.3) is 5.91 Å². The van der Waals surface area contributed by atoms with E-state index < -0.39 is 10.0 Å². The summed E-state index contributed by atoms with van der Waals surface area (Å²) in [7, 11) is -1.88. The van der Waals surface area contributed by atoms with E-state index in [9.17, 15) is 13.2 Å². The lowest BCUT2D eigenvalue weighted by molar-refractivity contribution is 0.101. The van der Waals surface area contributed by atoms with Crippen molar-refractivity contribution in [1.29, 1.82) is 0 Å². The zero-order valence-electron chi connectivity index (χ0n) is 22.1. The number of ether oxygens (including phenoxy) is 1. The van der Waals surface area contributed by atoms with E-state index in [2.05, 4.69) is 19.9 Å². The molecule has 10 nitrogen and oxygen atoms in total. The number of aliphatic hydroxyl groups excluding tert-OH is 1. The van der Waals surface area contributed by atoms with E-state index in [1.807, 2.05) is 23.9 Å². The molecule has 1 spiro atoms. The van der Waals surface area contributed by atoms with Crippen LogP contribution in [0.15, 0.2) is 41.4 Å².